The number of hydrogen-bond acceptors (Lipinski definition) is 4. The van der Waals surface area contributed by atoms with Gasteiger partial charge in [-0.15, -0.1) is 6.58 Å². The first-order valence-corrected chi connectivity index (χ1v) is 5.59. The molecule has 4 nitrogen and oxygen atoms in total. The van der Waals surface area contributed by atoms with Crippen molar-refractivity contribution in [2.45, 2.75) is 25.9 Å². The molecular formula is C13H18O4. The number of methoxy groups -OCH3 is 1. The van der Waals surface area contributed by atoms with Crippen molar-refractivity contribution in [3.8, 4) is 0 Å². The van der Waals surface area contributed by atoms with Crippen molar-refractivity contribution >= 4 is 5.97 Å². The van der Waals surface area contributed by atoms with Crippen LogP contribution in [0.5, 0.6) is 0 Å². The SMILES string of the molecule is C=CCCCOC(C)c1ccc(C(=O)OC)o1. The Balaban J connectivity index is 2.46. The second-order valence-corrected chi connectivity index (χ2v) is 3.64. The zero-order chi connectivity index (χ0) is 12.7. The molecule has 0 aliphatic carbocycles. The van der Waals surface area contributed by atoms with Gasteiger partial charge in [-0.1, -0.05) is 6.08 Å². The summed E-state index contributed by atoms with van der Waals surface area (Å²) in [5.41, 5.74) is 0. The Morgan fingerprint density at radius 1 is 1.59 bits per heavy atom. The van der Waals surface area contributed by atoms with E-state index in [1.807, 2.05) is 13.0 Å². The van der Waals surface area contributed by atoms with Gasteiger partial charge in [-0.3, -0.25) is 0 Å². The lowest BCUT2D eigenvalue weighted by molar-refractivity contribution is 0.0441. The molecular weight excluding hydrogens is 220 g/mol. The van der Waals surface area contributed by atoms with E-state index in [1.165, 1.54) is 7.11 Å². The largest absolute Gasteiger partial charge is 0.463 e. The molecule has 1 heterocycles. The Morgan fingerprint density at radius 3 is 3.00 bits per heavy atom. The molecule has 0 aliphatic heterocycles. The standard InChI is InChI=1S/C13H18O4/c1-4-5-6-9-16-10(2)11-7-8-12(17-11)13(14)15-3/h4,7-8,10H,1,5-6,9H2,2-3H3. The van der Waals surface area contributed by atoms with Crippen LogP contribution in [0.1, 0.15) is 42.2 Å². The van der Waals surface area contributed by atoms with E-state index in [0.29, 0.717) is 12.4 Å². The molecule has 0 saturated heterocycles. The fourth-order valence-electron chi connectivity index (χ4n) is 1.35. The normalized spacial score (nSPS) is 12.1. The molecule has 94 valence electrons. The molecule has 4 heteroatoms. The van der Waals surface area contributed by atoms with Crippen LogP contribution in [0.3, 0.4) is 0 Å². The van der Waals surface area contributed by atoms with Crippen LogP contribution in [0.2, 0.25) is 0 Å². The highest BCUT2D eigenvalue weighted by molar-refractivity contribution is 5.86. The van der Waals surface area contributed by atoms with Crippen LogP contribution in [-0.2, 0) is 9.47 Å². The predicted molar refractivity (Wildman–Crippen MR) is 63.8 cm³/mol. The first kappa shape index (κ1) is 13.5. The van der Waals surface area contributed by atoms with Crippen molar-refractivity contribution in [3.05, 3.63) is 36.3 Å². The molecule has 0 radical (unpaired) electrons. The van der Waals surface area contributed by atoms with Gasteiger partial charge in [0.15, 0.2) is 0 Å². The molecule has 17 heavy (non-hydrogen) atoms. The highest BCUT2D eigenvalue weighted by Gasteiger charge is 2.15. The second kappa shape index (κ2) is 6.91. The molecule has 0 bridgehead atoms. The minimum atomic E-state index is -0.477. The molecule has 0 N–H and O–H groups in total. The van der Waals surface area contributed by atoms with Gasteiger partial charge in [0.25, 0.3) is 0 Å². The minimum Gasteiger partial charge on any atom is -0.463 e. The fourth-order valence-corrected chi connectivity index (χ4v) is 1.35. The number of esters is 1. The quantitative estimate of drug-likeness (QED) is 0.416. The average Bonchev–Trinajstić information content (AvgIpc) is 2.83. The van der Waals surface area contributed by atoms with E-state index in [-0.39, 0.29) is 11.9 Å². The molecule has 1 aromatic heterocycles. The number of ether oxygens (including phenoxy) is 2. The van der Waals surface area contributed by atoms with Crippen LogP contribution in [0.15, 0.2) is 29.2 Å². The summed E-state index contributed by atoms with van der Waals surface area (Å²) in [5, 5.41) is 0. The maximum Gasteiger partial charge on any atom is 0.373 e. The summed E-state index contributed by atoms with van der Waals surface area (Å²) in [6.07, 6.45) is 3.55. The number of unbranched alkanes of at least 4 members (excludes halogenated alkanes) is 1. The maximum atomic E-state index is 11.2. The lowest BCUT2D eigenvalue weighted by Gasteiger charge is -2.09. The average molecular weight is 238 g/mol. The summed E-state index contributed by atoms with van der Waals surface area (Å²) in [4.78, 5) is 11.2. The molecule has 0 aromatic carbocycles. The third-order valence-electron chi connectivity index (χ3n) is 2.33. The molecule has 1 atom stereocenters. The lowest BCUT2D eigenvalue weighted by Crippen LogP contribution is -2.01. The third-order valence-corrected chi connectivity index (χ3v) is 2.33. The van der Waals surface area contributed by atoms with Gasteiger partial charge < -0.3 is 13.9 Å². The molecule has 0 saturated carbocycles. The van der Waals surface area contributed by atoms with E-state index in [0.717, 1.165) is 12.8 Å². The summed E-state index contributed by atoms with van der Waals surface area (Å²) in [5.74, 6) is 0.350. The van der Waals surface area contributed by atoms with Crippen molar-refractivity contribution in [1.29, 1.82) is 0 Å². The van der Waals surface area contributed by atoms with Crippen molar-refractivity contribution in [1.82, 2.24) is 0 Å². The second-order valence-electron chi connectivity index (χ2n) is 3.64. The van der Waals surface area contributed by atoms with Crippen molar-refractivity contribution in [2.75, 3.05) is 13.7 Å². The Hall–Kier alpha value is -1.55. The van der Waals surface area contributed by atoms with Gasteiger partial charge in [0.05, 0.1) is 7.11 Å². The Morgan fingerprint density at radius 2 is 2.35 bits per heavy atom. The van der Waals surface area contributed by atoms with E-state index >= 15 is 0 Å². The van der Waals surface area contributed by atoms with Crippen LogP contribution >= 0.6 is 0 Å². The van der Waals surface area contributed by atoms with Gasteiger partial charge in [0.2, 0.25) is 5.76 Å². The van der Waals surface area contributed by atoms with E-state index in [9.17, 15) is 4.79 Å². The van der Waals surface area contributed by atoms with Crippen LogP contribution in [0.4, 0.5) is 0 Å². The molecule has 0 amide bonds. The van der Waals surface area contributed by atoms with Gasteiger partial charge in [0, 0.05) is 6.61 Å². The van der Waals surface area contributed by atoms with Crippen molar-refractivity contribution < 1.29 is 18.7 Å². The Labute approximate surface area is 101 Å². The summed E-state index contributed by atoms with van der Waals surface area (Å²) < 4.78 is 15.5. The van der Waals surface area contributed by atoms with E-state index in [1.54, 1.807) is 12.1 Å². The van der Waals surface area contributed by atoms with Crippen molar-refractivity contribution in [3.63, 3.8) is 0 Å². The van der Waals surface area contributed by atoms with Gasteiger partial charge in [-0.2, -0.15) is 0 Å². The van der Waals surface area contributed by atoms with Crippen LogP contribution < -0.4 is 0 Å². The van der Waals surface area contributed by atoms with E-state index in [4.69, 9.17) is 9.15 Å². The van der Waals surface area contributed by atoms with Crippen LogP contribution in [0.25, 0.3) is 0 Å². The number of carbonyl (C=O) groups is 1. The molecule has 0 spiro atoms. The van der Waals surface area contributed by atoms with Gasteiger partial charge >= 0.3 is 5.97 Å². The van der Waals surface area contributed by atoms with Gasteiger partial charge in [-0.05, 0) is 31.9 Å². The highest BCUT2D eigenvalue weighted by atomic mass is 16.5. The first-order chi connectivity index (χ1) is 8.19. The lowest BCUT2D eigenvalue weighted by atomic mass is 10.3. The summed E-state index contributed by atoms with van der Waals surface area (Å²) in [6, 6.07) is 3.31. The van der Waals surface area contributed by atoms with Gasteiger partial charge in [-0.25, -0.2) is 4.79 Å². The Bertz CT molecular complexity index is 367. The summed E-state index contributed by atoms with van der Waals surface area (Å²) in [6.45, 7) is 6.17. The topological polar surface area (TPSA) is 48.7 Å². The number of carbonyl (C=O) groups excluding carboxylic acids is 1. The predicted octanol–water partition coefficient (Wildman–Crippen LogP) is 3.11. The fraction of sp³-hybridized carbons (Fsp3) is 0.462. The van der Waals surface area contributed by atoms with Crippen molar-refractivity contribution in [2.24, 2.45) is 0 Å². The number of allylic oxidation sites excluding steroid dienone is 1. The zero-order valence-electron chi connectivity index (χ0n) is 10.3. The van der Waals surface area contributed by atoms with E-state index < -0.39 is 5.97 Å². The van der Waals surface area contributed by atoms with Crippen LogP contribution in [0, 0.1) is 0 Å². The zero-order valence-corrected chi connectivity index (χ0v) is 10.3. The minimum absolute atomic E-state index is 0.168. The number of rotatable bonds is 7. The smallest absolute Gasteiger partial charge is 0.373 e. The van der Waals surface area contributed by atoms with Crippen LogP contribution in [-0.4, -0.2) is 19.7 Å². The summed E-state index contributed by atoms with van der Waals surface area (Å²) >= 11 is 0. The third kappa shape index (κ3) is 4.07. The molecule has 1 rings (SSSR count). The van der Waals surface area contributed by atoms with E-state index in [2.05, 4.69) is 11.3 Å². The number of hydrogen-bond donors (Lipinski definition) is 0. The first-order valence-electron chi connectivity index (χ1n) is 5.59. The van der Waals surface area contributed by atoms with Gasteiger partial charge in [0.1, 0.15) is 11.9 Å². The molecule has 0 aliphatic rings. The molecule has 1 unspecified atom stereocenters. The monoisotopic (exact) mass is 238 g/mol. The highest BCUT2D eigenvalue weighted by Crippen LogP contribution is 2.20. The maximum absolute atomic E-state index is 11.2. The summed E-state index contributed by atoms with van der Waals surface area (Å²) in [7, 11) is 1.32. The molecule has 0 fully saturated rings. The number of furan rings is 1. The Kier molecular flexibility index (Phi) is 5.49. The molecule has 1 aromatic rings.